The molecule has 2 fully saturated rings. The summed E-state index contributed by atoms with van der Waals surface area (Å²) in [4.78, 5) is 30.9. The fraction of sp³-hybridized carbons (Fsp3) is 0.471. The predicted octanol–water partition coefficient (Wildman–Crippen LogP) is 1.72. The molecule has 2 aliphatic heterocycles. The lowest BCUT2D eigenvalue weighted by molar-refractivity contribution is -0.140. The lowest BCUT2D eigenvalue weighted by Gasteiger charge is -2.29. The first kappa shape index (κ1) is 20.1. The molecule has 2 aliphatic rings. The fourth-order valence-corrected chi connectivity index (χ4v) is 3.22. The second kappa shape index (κ2) is 7.55. The Kier molecular flexibility index (Phi) is 5.05. The highest BCUT2D eigenvalue weighted by molar-refractivity contribution is 5.88. The van der Waals surface area contributed by atoms with Gasteiger partial charge >= 0.3 is 12.3 Å². The van der Waals surface area contributed by atoms with Gasteiger partial charge in [0.1, 0.15) is 12.4 Å². The van der Waals surface area contributed by atoms with Gasteiger partial charge in [0.05, 0.1) is 24.9 Å². The zero-order valence-electron chi connectivity index (χ0n) is 15.9. The monoisotopic (exact) mass is 425 g/mol. The van der Waals surface area contributed by atoms with E-state index in [1.807, 2.05) is 4.90 Å². The maximum absolute atomic E-state index is 13.6. The van der Waals surface area contributed by atoms with Crippen molar-refractivity contribution in [3.63, 3.8) is 0 Å². The van der Waals surface area contributed by atoms with Gasteiger partial charge in [0.15, 0.2) is 5.69 Å². The van der Waals surface area contributed by atoms with Gasteiger partial charge in [-0.05, 0) is 6.92 Å². The number of cyclic esters (lactones) is 1. The number of halogens is 3. The molecule has 30 heavy (non-hydrogen) atoms. The van der Waals surface area contributed by atoms with Crippen LogP contribution in [0.2, 0.25) is 0 Å². The number of aromatic nitrogens is 4. The molecule has 2 N–H and O–H groups in total. The van der Waals surface area contributed by atoms with Gasteiger partial charge in [0, 0.05) is 30.9 Å². The van der Waals surface area contributed by atoms with Crippen molar-refractivity contribution >= 4 is 23.8 Å². The van der Waals surface area contributed by atoms with E-state index in [0.717, 1.165) is 6.20 Å². The minimum absolute atomic E-state index is 0.0612. The summed E-state index contributed by atoms with van der Waals surface area (Å²) in [6, 6.07) is 1.03. The largest absolute Gasteiger partial charge is 0.447 e. The van der Waals surface area contributed by atoms with Crippen LogP contribution in [0.4, 0.5) is 35.7 Å². The number of rotatable bonds is 3. The second-order valence-electron chi connectivity index (χ2n) is 6.79. The third-order valence-electron chi connectivity index (χ3n) is 4.69. The molecule has 0 unspecified atom stereocenters. The van der Waals surface area contributed by atoms with Gasteiger partial charge in [0.25, 0.3) is 0 Å². The molecule has 0 bridgehead atoms. The van der Waals surface area contributed by atoms with E-state index >= 15 is 0 Å². The molecule has 2 aromatic heterocycles. The standard InChI is InChI=1S/C17H18F3N7O3/c1-9-8-30-16(28)27(9)15-23-11(6-12(24-15)26-2-4-29-5-3-26)10-7-22-14(21)25-13(10)17(18,19)20/h6-7,9H,2-5,8H2,1H3,(H2,21,22,25)/t9-/m0/s1. The number of nitrogens with zero attached hydrogens (tertiary/aromatic N) is 6. The number of amides is 1. The van der Waals surface area contributed by atoms with Crippen molar-refractivity contribution in [1.82, 2.24) is 19.9 Å². The van der Waals surface area contributed by atoms with Crippen LogP contribution in [0.1, 0.15) is 12.6 Å². The van der Waals surface area contributed by atoms with Crippen molar-refractivity contribution in [2.24, 2.45) is 0 Å². The molecule has 0 saturated carbocycles. The van der Waals surface area contributed by atoms with Gasteiger partial charge in [0.2, 0.25) is 11.9 Å². The number of anilines is 3. The first-order valence-corrected chi connectivity index (χ1v) is 9.12. The molecule has 4 heterocycles. The van der Waals surface area contributed by atoms with Crippen LogP contribution < -0.4 is 15.5 Å². The normalized spacial score (nSPS) is 19.9. The third kappa shape index (κ3) is 3.79. The van der Waals surface area contributed by atoms with E-state index in [9.17, 15) is 18.0 Å². The summed E-state index contributed by atoms with van der Waals surface area (Å²) < 4.78 is 51.1. The van der Waals surface area contributed by atoms with Crippen molar-refractivity contribution in [1.29, 1.82) is 0 Å². The van der Waals surface area contributed by atoms with Crippen LogP contribution in [0.3, 0.4) is 0 Å². The molecule has 0 aromatic carbocycles. The lowest BCUT2D eigenvalue weighted by atomic mass is 10.1. The Balaban J connectivity index is 1.87. The minimum Gasteiger partial charge on any atom is -0.447 e. The van der Waals surface area contributed by atoms with Crippen molar-refractivity contribution in [3.8, 4) is 11.3 Å². The molecular weight excluding hydrogens is 407 g/mol. The Morgan fingerprint density at radius 2 is 1.93 bits per heavy atom. The molecule has 0 radical (unpaired) electrons. The van der Waals surface area contributed by atoms with Crippen LogP contribution in [0.15, 0.2) is 12.3 Å². The molecule has 1 amide bonds. The van der Waals surface area contributed by atoms with E-state index < -0.39 is 23.9 Å². The van der Waals surface area contributed by atoms with E-state index in [-0.39, 0.29) is 29.9 Å². The molecule has 1 atom stereocenters. The maximum Gasteiger partial charge on any atom is 0.434 e. The van der Waals surface area contributed by atoms with Crippen molar-refractivity contribution in [2.45, 2.75) is 19.1 Å². The van der Waals surface area contributed by atoms with Crippen molar-refractivity contribution in [2.75, 3.05) is 48.4 Å². The highest BCUT2D eigenvalue weighted by Crippen LogP contribution is 2.36. The molecule has 160 valence electrons. The Morgan fingerprint density at radius 3 is 2.57 bits per heavy atom. The lowest BCUT2D eigenvalue weighted by Crippen LogP contribution is -2.38. The summed E-state index contributed by atoms with van der Waals surface area (Å²) in [6.07, 6.45) is -4.49. The third-order valence-corrected chi connectivity index (χ3v) is 4.69. The molecular formula is C17H18F3N7O3. The van der Waals surface area contributed by atoms with Crippen LogP contribution in [-0.4, -0.2) is 65.0 Å². The molecule has 0 aliphatic carbocycles. The summed E-state index contributed by atoms with van der Waals surface area (Å²) in [7, 11) is 0. The number of carbonyl (C=O) groups is 1. The van der Waals surface area contributed by atoms with Crippen molar-refractivity contribution in [3.05, 3.63) is 18.0 Å². The van der Waals surface area contributed by atoms with Crippen LogP contribution in [0.25, 0.3) is 11.3 Å². The molecule has 4 rings (SSSR count). The highest BCUT2D eigenvalue weighted by atomic mass is 19.4. The van der Waals surface area contributed by atoms with E-state index in [0.29, 0.717) is 32.1 Å². The number of hydrogen-bond donors (Lipinski definition) is 1. The zero-order valence-corrected chi connectivity index (χ0v) is 15.9. The summed E-state index contributed by atoms with van der Waals surface area (Å²) in [5.41, 5.74) is 3.70. The number of hydrogen-bond acceptors (Lipinski definition) is 9. The quantitative estimate of drug-likeness (QED) is 0.784. The Labute approximate surface area is 168 Å². The summed E-state index contributed by atoms with van der Waals surface area (Å²) in [6.45, 7) is 3.70. The topological polar surface area (TPSA) is 120 Å². The Hall–Kier alpha value is -3.22. The minimum atomic E-state index is -4.78. The number of carbonyl (C=O) groups excluding carboxylic acids is 1. The zero-order chi connectivity index (χ0) is 21.5. The summed E-state index contributed by atoms with van der Waals surface area (Å²) in [5.74, 6) is -0.213. The van der Waals surface area contributed by atoms with Gasteiger partial charge in [-0.1, -0.05) is 0 Å². The SMILES string of the molecule is C[C@H]1COC(=O)N1c1nc(-c2cnc(N)nc2C(F)(F)F)cc(N2CCOCC2)n1. The number of nitrogens with two attached hydrogens (primary N) is 1. The van der Waals surface area contributed by atoms with E-state index in [1.54, 1.807) is 6.92 Å². The Bertz CT molecular complexity index is 966. The fourth-order valence-electron chi connectivity index (χ4n) is 3.22. The first-order chi connectivity index (χ1) is 14.2. The summed E-state index contributed by atoms with van der Waals surface area (Å²) >= 11 is 0. The maximum atomic E-state index is 13.6. The smallest absolute Gasteiger partial charge is 0.434 e. The van der Waals surface area contributed by atoms with Gasteiger partial charge < -0.3 is 20.1 Å². The van der Waals surface area contributed by atoms with Crippen LogP contribution in [0, 0.1) is 0 Å². The van der Waals surface area contributed by atoms with E-state index in [2.05, 4.69) is 19.9 Å². The average Bonchev–Trinajstić information content (AvgIpc) is 3.05. The van der Waals surface area contributed by atoms with Crippen LogP contribution in [0.5, 0.6) is 0 Å². The highest BCUT2D eigenvalue weighted by Gasteiger charge is 2.38. The van der Waals surface area contributed by atoms with E-state index in [1.165, 1.54) is 11.0 Å². The van der Waals surface area contributed by atoms with Gasteiger partial charge in [-0.25, -0.2) is 24.6 Å². The number of nitrogen functional groups attached to an aromatic ring is 1. The van der Waals surface area contributed by atoms with E-state index in [4.69, 9.17) is 15.2 Å². The summed E-state index contributed by atoms with van der Waals surface area (Å²) in [5, 5.41) is 0. The predicted molar refractivity (Wildman–Crippen MR) is 98.8 cm³/mol. The Morgan fingerprint density at radius 1 is 1.20 bits per heavy atom. The molecule has 2 aromatic rings. The number of alkyl halides is 3. The second-order valence-corrected chi connectivity index (χ2v) is 6.79. The number of morpholine rings is 1. The molecule has 13 heteroatoms. The van der Waals surface area contributed by atoms with Crippen molar-refractivity contribution < 1.29 is 27.4 Å². The molecule has 2 saturated heterocycles. The van der Waals surface area contributed by atoms with Crippen LogP contribution in [-0.2, 0) is 15.7 Å². The van der Waals surface area contributed by atoms with Gasteiger partial charge in [-0.3, -0.25) is 0 Å². The average molecular weight is 425 g/mol. The molecule has 10 nitrogen and oxygen atoms in total. The van der Waals surface area contributed by atoms with Crippen LogP contribution >= 0.6 is 0 Å². The first-order valence-electron chi connectivity index (χ1n) is 9.12. The number of ether oxygens (including phenoxy) is 2. The van der Waals surface area contributed by atoms with Gasteiger partial charge in [-0.2, -0.15) is 18.2 Å². The van der Waals surface area contributed by atoms with Gasteiger partial charge in [-0.15, -0.1) is 0 Å². The molecule has 0 spiro atoms.